The number of aliphatic hydroxyl groups is 4. The van der Waals surface area contributed by atoms with Crippen molar-refractivity contribution < 1.29 is 25.2 Å². The number of hydrogen-bond donors (Lipinski definition) is 4. The lowest BCUT2D eigenvalue weighted by Crippen LogP contribution is -2.45. The second kappa shape index (κ2) is 11.4. The summed E-state index contributed by atoms with van der Waals surface area (Å²) in [6.07, 6.45) is 11.4. The molecule has 0 radical (unpaired) electrons. The molecule has 0 spiro atoms. The number of rotatable bonds is 9. The molecule has 0 aliphatic heterocycles. The Labute approximate surface area is 206 Å². The minimum absolute atomic E-state index is 0.0901. The molecule has 3 aliphatic rings. The number of hydrogen-bond acceptors (Lipinski definition) is 5. The van der Waals surface area contributed by atoms with Gasteiger partial charge in [0.15, 0.2) is 0 Å². The molecule has 194 valence electrons. The van der Waals surface area contributed by atoms with Crippen LogP contribution in [0.2, 0.25) is 0 Å². The maximum Gasteiger partial charge on any atom is 0.114 e. The molecule has 0 aromatic carbocycles. The number of allylic oxidation sites excluding steroid dienone is 3. The van der Waals surface area contributed by atoms with Crippen LogP contribution in [-0.2, 0) is 4.74 Å². The molecular weight excluding hydrogens is 428 g/mol. The number of ether oxygens (including phenoxy) is 1. The molecule has 0 bridgehead atoms. The first-order valence-electron chi connectivity index (χ1n) is 13.4. The third-order valence-electron chi connectivity index (χ3n) is 8.96. The van der Waals surface area contributed by atoms with E-state index in [2.05, 4.69) is 32.6 Å². The van der Waals surface area contributed by atoms with E-state index in [-0.39, 0.29) is 13.2 Å². The predicted molar refractivity (Wildman–Crippen MR) is 136 cm³/mol. The molecule has 3 aliphatic carbocycles. The SMILES string of the molecule is C=C1/C(=C\C=C2/CCC[C@]3(C)[C@@H]([C@H](C)CCCC(C)(C)O)CC[C@@H]23)C[C@@H](O)[C@H](OCCO)[C@@H]1O. The average Bonchev–Trinajstić information content (AvgIpc) is 3.12. The predicted octanol–water partition coefficient (Wildman–Crippen LogP) is 4.69. The zero-order valence-electron chi connectivity index (χ0n) is 21.8. The molecule has 3 saturated carbocycles. The van der Waals surface area contributed by atoms with Gasteiger partial charge in [-0.05, 0) is 86.7 Å². The Morgan fingerprint density at radius 1 is 1.24 bits per heavy atom. The first-order chi connectivity index (χ1) is 16.0. The van der Waals surface area contributed by atoms with Crippen LogP contribution in [0.4, 0.5) is 0 Å². The van der Waals surface area contributed by atoms with Crippen molar-refractivity contribution in [3.63, 3.8) is 0 Å². The fourth-order valence-electron chi connectivity index (χ4n) is 7.12. The largest absolute Gasteiger partial charge is 0.394 e. The van der Waals surface area contributed by atoms with Gasteiger partial charge in [-0.3, -0.25) is 0 Å². The third kappa shape index (κ3) is 6.22. The number of aliphatic hydroxyl groups excluding tert-OH is 3. The monoisotopic (exact) mass is 476 g/mol. The van der Waals surface area contributed by atoms with Crippen LogP contribution in [0.15, 0.2) is 35.5 Å². The summed E-state index contributed by atoms with van der Waals surface area (Å²) in [7, 11) is 0. The Morgan fingerprint density at radius 2 is 1.97 bits per heavy atom. The van der Waals surface area contributed by atoms with Crippen molar-refractivity contribution >= 4 is 0 Å². The molecule has 4 N–H and O–H groups in total. The van der Waals surface area contributed by atoms with Gasteiger partial charge in [0.1, 0.15) is 12.2 Å². The van der Waals surface area contributed by atoms with Crippen LogP contribution in [0.1, 0.15) is 85.5 Å². The molecule has 0 saturated heterocycles. The van der Waals surface area contributed by atoms with Gasteiger partial charge in [0.2, 0.25) is 0 Å². The smallest absolute Gasteiger partial charge is 0.114 e. The van der Waals surface area contributed by atoms with Gasteiger partial charge in [-0.2, -0.15) is 0 Å². The quantitative estimate of drug-likeness (QED) is 0.388. The summed E-state index contributed by atoms with van der Waals surface area (Å²) in [4.78, 5) is 0. The lowest BCUT2D eigenvalue weighted by molar-refractivity contribution is -0.101. The Hall–Kier alpha value is -0.980. The highest BCUT2D eigenvalue weighted by molar-refractivity contribution is 5.40. The van der Waals surface area contributed by atoms with Gasteiger partial charge >= 0.3 is 0 Å². The van der Waals surface area contributed by atoms with E-state index in [0.29, 0.717) is 35.2 Å². The van der Waals surface area contributed by atoms with Crippen molar-refractivity contribution in [3.05, 3.63) is 35.5 Å². The van der Waals surface area contributed by atoms with E-state index >= 15 is 0 Å². The average molecular weight is 477 g/mol. The molecule has 0 unspecified atom stereocenters. The summed E-state index contributed by atoms with van der Waals surface area (Å²) in [6.45, 7) is 12.7. The molecule has 5 heteroatoms. The molecule has 3 rings (SSSR count). The highest BCUT2D eigenvalue weighted by Gasteiger charge is 2.50. The Bertz CT molecular complexity index is 763. The van der Waals surface area contributed by atoms with Gasteiger partial charge in [-0.25, -0.2) is 0 Å². The normalized spacial score (nSPS) is 37.9. The van der Waals surface area contributed by atoms with Crippen molar-refractivity contribution in [3.8, 4) is 0 Å². The van der Waals surface area contributed by atoms with E-state index in [9.17, 15) is 15.3 Å². The second-order valence-electron chi connectivity index (χ2n) is 12.0. The Morgan fingerprint density at radius 3 is 2.65 bits per heavy atom. The summed E-state index contributed by atoms with van der Waals surface area (Å²) in [5, 5.41) is 40.2. The van der Waals surface area contributed by atoms with Crippen molar-refractivity contribution in [2.45, 2.75) is 109 Å². The topological polar surface area (TPSA) is 90.2 Å². The van der Waals surface area contributed by atoms with E-state index in [0.717, 1.165) is 24.8 Å². The van der Waals surface area contributed by atoms with Crippen molar-refractivity contribution in [2.75, 3.05) is 13.2 Å². The Kier molecular flexibility index (Phi) is 9.24. The first kappa shape index (κ1) is 27.6. The molecule has 5 nitrogen and oxygen atoms in total. The van der Waals surface area contributed by atoms with Gasteiger partial charge in [0.05, 0.1) is 24.9 Å². The fourth-order valence-corrected chi connectivity index (χ4v) is 7.12. The standard InChI is InChI=1S/C29H48O5/c1-19(8-6-14-28(3,4)33)23-12-13-24-21(9-7-15-29(23,24)5)10-11-22-18-25(31)27(34-17-16-30)26(32)20(22)2/h10-11,19,23-27,30-33H,2,6-9,12-18H2,1,3-5H3/b21-10+,22-11-/t19-,23-,24+,25-,26-,27+,29-/m1/s1. The van der Waals surface area contributed by atoms with E-state index in [4.69, 9.17) is 9.84 Å². The van der Waals surface area contributed by atoms with Crippen LogP contribution in [0.5, 0.6) is 0 Å². The van der Waals surface area contributed by atoms with Gasteiger partial charge in [-0.1, -0.05) is 51.0 Å². The first-order valence-corrected chi connectivity index (χ1v) is 13.4. The van der Waals surface area contributed by atoms with Gasteiger partial charge in [-0.15, -0.1) is 0 Å². The zero-order chi connectivity index (χ0) is 25.1. The lowest BCUT2D eigenvalue weighted by atomic mass is 9.60. The summed E-state index contributed by atoms with van der Waals surface area (Å²) < 4.78 is 5.45. The highest BCUT2D eigenvalue weighted by Crippen LogP contribution is 2.60. The van der Waals surface area contributed by atoms with Crippen LogP contribution in [0.3, 0.4) is 0 Å². The molecule has 3 fully saturated rings. The van der Waals surface area contributed by atoms with Crippen molar-refractivity contribution in [2.24, 2.45) is 23.2 Å². The van der Waals surface area contributed by atoms with Crippen molar-refractivity contribution in [1.29, 1.82) is 0 Å². The summed E-state index contributed by atoms with van der Waals surface area (Å²) in [6, 6.07) is 0. The van der Waals surface area contributed by atoms with Crippen LogP contribution < -0.4 is 0 Å². The summed E-state index contributed by atoms with van der Waals surface area (Å²) in [5.41, 5.74) is 2.74. The van der Waals surface area contributed by atoms with Crippen LogP contribution in [0, 0.1) is 23.2 Å². The van der Waals surface area contributed by atoms with Crippen LogP contribution >= 0.6 is 0 Å². The third-order valence-corrected chi connectivity index (χ3v) is 8.96. The molecule has 0 aromatic rings. The Balaban J connectivity index is 1.69. The van der Waals surface area contributed by atoms with E-state index in [1.807, 2.05) is 13.8 Å². The highest BCUT2D eigenvalue weighted by atomic mass is 16.5. The minimum atomic E-state index is -0.961. The second-order valence-corrected chi connectivity index (χ2v) is 12.0. The summed E-state index contributed by atoms with van der Waals surface area (Å²) >= 11 is 0. The fraction of sp³-hybridized carbons (Fsp3) is 0.793. The zero-order valence-corrected chi connectivity index (χ0v) is 21.8. The maximum atomic E-state index is 10.6. The molecular formula is C29H48O5. The number of fused-ring (bicyclic) bond motifs is 1. The molecule has 0 amide bonds. The molecule has 0 heterocycles. The van der Waals surface area contributed by atoms with E-state index in [1.54, 1.807) is 0 Å². The maximum absolute atomic E-state index is 10.6. The molecule has 34 heavy (non-hydrogen) atoms. The van der Waals surface area contributed by atoms with Crippen molar-refractivity contribution in [1.82, 2.24) is 0 Å². The molecule has 7 atom stereocenters. The van der Waals surface area contributed by atoms with Gasteiger partial charge in [0, 0.05) is 6.42 Å². The lowest BCUT2D eigenvalue weighted by Gasteiger charge is -2.44. The van der Waals surface area contributed by atoms with Gasteiger partial charge in [0.25, 0.3) is 0 Å². The van der Waals surface area contributed by atoms with E-state index in [1.165, 1.54) is 37.7 Å². The van der Waals surface area contributed by atoms with Crippen LogP contribution in [0.25, 0.3) is 0 Å². The molecule has 0 aromatic heterocycles. The minimum Gasteiger partial charge on any atom is -0.394 e. The van der Waals surface area contributed by atoms with Gasteiger partial charge < -0.3 is 25.2 Å². The van der Waals surface area contributed by atoms with E-state index < -0.39 is 23.9 Å². The van der Waals surface area contributed by atoms with Crippen LogP contribution in [-0.4, -0.2) is 57.6 Å². The summed E-state index contributed by atoms with van der Waals surface area (Å²) in [5.74, 6) is 1.97.